The van der Waals surface area contributed by atoms with Crippen LogP contribution in [0, 0.1) is 5.92 Å². The van der Waals surface area contributed by atoms with Crippen molar-refractivity contribution in [3.8, 4) is 0 Å². The number of hydrogen-bond acceptors (Lipinski definition) is 2. The average Bonchev–Trinajstić information content (AvgIpc) is 2.46. The SMILES string of the molecule is CCCC(=O)c1cc(CNCC(C)C)cc(C(F)F)c1CC. The van der Waals surface area contributed by atoms with Crippen LogP contribution in [0.5, 0.6) is 0 Å². The zero-order chi connectivity index (χ0) is 16.7. The van der Waals surface area contributed by atoms with Gasteiger partial charge in [0.15, 0.2) is 5.78 Å². The predicted molar refractivity (Wildman–Crippen MR) is 86.6 cm³/mol. The summed E-state index contributed by atoms with van der Waals surface area (Å²) in [4.78, 5) is 12.3. The van der Waals surface area contributed by atoms with E-state index in [1.54, 1.807) is 12.1 Å². The first-order chi connectivity index (χ1) is 10.4. The number of Topliss-reactive ketones (excluding diaryl/α,β-unsaturated/α-hetero) is 1. The maximum Gasteiger partial charge on any atom is 0.264 e. The normalized spacial score (nSPS) is 11.5. The second-order valence-electron chi connectivity index (χ2n) is 6.06. The van der Waals surface area contributed by atoms with E-state index in [-0.39, 0.29) is 11.3 Å². The van der Waals surface area contributed by atoms with Crippen molar-refractivity contribution in [2.45, 2.75) is 59.9 Å². The van der Waals surface area contributed by atoms with E-state index in [4.69, 9.17) is 0 Å². The number of carbonyl (C=O) groups is 1. The fourth-order valence-corrected chi connectivity index (χ4v) is 2.56. The van der Waals surface area contributed by atoms with E-state index in [0.717, 1.165) is 18.5 Å². The van der Waals surface area contributed by atoms with E-state index >= 15 is 0 Å². The Balaban J connectivity index is 3.15. The van der Waals surface area contributed by atoms with Crippen molar-refractivity contribution in [1.29, 1.82) is 0 Å². The van der Waals surface area contributed by atoms with Crippen molar-refractivity contribution in [2.75, 3.05) is 6.54 Å². The zero-order valence-corrected chi connectivity index (χ0v) is 14.0. The van der Waals surface area contributed by atoms with Crippen LogP contribution in [-0.2, 0) is 13.0 Å². The van der Waals surface area contributed by atoms with E-state index < -0.39 is 6.43 Å². The molecular formula is C18H27F2NO. The fraction of sp³-hybridized carbons (Fsp3) is 0.611. The van der Waals surface area contributed by atoms with Gasteiger partial charge in [0, 0.05) is 24.1 Å². The second-order valence-corrected chi connectivity index (χ2v) is 6.06. The summed E-state index contributed by atoms with van der Waals surface area (Å²) < 4.78 is 26.7. The Labute approximate surface area is 132 Å². The highest BCUT2D eigenvalue weighted by atomic mass is 19.3. The number of rotatable bonds is 9. The van der Waals surface area contributed by atoms with Crippen LogP contribution in [-0.4, -0.2) is 12.3 Å². The Morgan fingerprint density at radius 3 is 2.41 bits per heavy atom. The molecule has 0 aromatic heterocycles. The highest BCUT2D eigenvalue weighted by Crippen LogP contribution is 2.29. The van der Waals surface area contributed by atoms with Crippen LogP contribution in [0.2, 0.25) is 0 Å². The zero-order valence-electron chi connectivity index (χ0n) is 14.0. The minimum absolute atomic E-state index is 0.00537. The summed E-state index contributed by atoms with van der Waals surface area (Å²) in [7, 11) is 0. The number of benzene rings is 1. The molecule has 0 unspecified atom stereocenters. The predicted octanol–water partition coefficient (Wildman–Crippen LogP) is 4.92. The molecule has 1 rings (SSSR count). The van der Waals surface area contributed by atoms with Crippen LogP contribution in [0.3, 0.4) is 0 Å². The molecule has 124 valence electrons. The Morgan fingerprint density at radius 2 is 1.91 bits per heavy atom. The standard InChI is InChI=1S/C18H27F2NO/c1-5-7-17(22)15-8-13(11-21-10-12(3)4)9-16(18(19)20)14(15)6-2/h8-9,12,18,21H,5-7,10-11H2,1-4H3. The van der Waals surface area contributed by atoms with Gasteiger partial charge < -0.3 is 5.32 Å². The van der Waals surface area contributed by atoms with Gasteiger partial charge in [0.2, 0.25) is 0 Å². The Bertz CT molecular complexity index is 498. The van der Waals surface area contributed by atoms with Crippen molar-refractivity contribution >= 4 is 5.78 Å². The second kappa shape index (κ2) is 8.99. The summed E-state index contributed by atoms with van der Waals surface area (Å²) >= 11 is 0. The molecule has 1 aromatic carbocycles. The van der Waals surface area contributed by atoms with Gasteiger partial charge in [0.1, 0.15) is 0 Å². The first kappa shape index (κ1) is 18.8. The summed E-state index contributed by atoms with van der Waals surface area (Å²) in [5.41, 5.74) is 1.74. The molecule has 0 aliphatic carbocycles. The van der Waals surface area contributed by atoms with Gasteiger partial charge in [-0.1, -0.05) is 27.7 Å². The van der Waals surface area contributed by atoms with Gasteiger partial charge in [-0.05, 0) is 48.6 Å². The first-order valence-corrected chi connectivity index (χ1v) is 8.08. The Kier molecular flexibility index (Phi) is 7.66. The quantitative estimate of drug-likeness (QED) is 0.656. The van der Waals surface area contributed by atoms with Gasteiger partial charge in [-0.25, -0.2) is 8.78 Å². The molecule has 0 aliphatic heterocycles. The van der Waals surface area contributed by atoms with Gasteiger partial charge in [-0.2, -0.15) is 0 Å². The van der Waals surface area contributed by atoms with E-state index in [2.05, 4.69) is 19.2 Å². The molecule has 0 saturated carbocycles. The van der Waals surface area contributed by atoms with Gasteiger partial charge in [-0.3, -0.25) is 4.79 Å². The summed E-state index contributed by atoms with van der Waals surface area (Å²) in [6, 6.07) is 3.33. The number of ketones is 1. The van der Waals surface area contributed by atoms with Gasteiger partial charge >= 0.3 is 0 Å². The topological polar surface area (TPSA) is 29.1 Å². The maximum atomic E-state index is 13.3. The van der Waals surface area contributed by atoms with Crippen LogP contribution in [0.1, 0.15) is 74.0 Å². The third kappa shape index (κ3) is 5.16. The summed E-state index contributed by atoms with van der Waals surface area (Å²) in [6.45, 7) is 9.25. The molecule has 1 aromatic rings. The van der Waals surface area contributed by atoms with E-state index in [1.807, 2.05) is 13.8 Å². The fourth-order valence-electron chi connectivity index (χ4n) is 2.56. The molecule has 0 amide bonds. The van der Waals surface area contributed by atoms with Crippen molar-refractivity contribution < 1.29 is 13.6 Å². The lowest BCUT2D eigenvalue weighted by atomic mass is 9.92. The number of carbonyl (C=O) groups excluding carboxylic acids is 1. The molecule has 0 bridgehead atoms. The Morgan fingerprint density at radius 1 is 1.23 bits per heavy atom. The van der Waals surface area contributed by atoms with Crippen LogP contribution < -0.4 is 5.32 Å². The third-order valence-corrected chi connectivity index (χ3v) is 3.59. The summed E-state index contributed by atoms with van der Waals surface area (Å²) in [6.07, 6.45) is -0.974. The molecule has 0 saturated heterocycles. The van der Waals surface area contributed by atoms with Gasteiger partial charge in [0.05, 0.1) is 0 Å². The lowest BCUT2D eigenvalue weighted by molar-refractivity contribution is 0.0980. The molecule has 22 heavy (non-hydrogen) atoms. The molecule has 0 atom stereocenters. The molecule has 1 N–H and O–H groups in total. The number of halogens is 2. The monoisotopic (exact) mass is 311 g/mol. The molecule has 0 spiro atoms. The number of alkyl halides is 2. The minimum Gasteiger partial charge on any atom is -0.312 e. The van der Waals surface area contributed by atoms with E-state index in [0.29, 0.717) is 36.4 Å². The van der Waals surface area contributed by atoms with E-state index in [1.165, 1.54) is 0 Å². The van der Waals surface area contributed by atoms with Crippen molar-refractivity contribution in [3.05, 3.63) is 34.4 Å². The van der Waals surface area contributed by atoms with Gasteiger partial charge in [0.25, 0.3) is 6.43 Å². The lowest BCUT2D eigenvalue weighted by Crippen LogP contribution is -2.20. The van der Waals surface area contributed by atoms with Crippen LogP contribution in [0.15, 0.2) is 12.1 Å². The summed E-state index contributed by atoms with van der Waals surface area (Å²) in [5, 5.41) is 3.25. The number of hydrogen-bond donors (Lipinski definition) is 1. The molecule has 0 aliphatic rings. The van der Waals surface area contributed by atoms with Crippen LogP contribution in [0.25, 0.3) is 0 Å². The van der Waals surface area contributed by atoms with Crippen molar-refractivity contribution in [1.82, 2.24) is 5.32 Å². The van der Waals surface area contributed by atoms with Crippen LogP contribution >= 0.6 is 0 Å². The first-order valence-electron chi connectivity index (χ1n) is 8.08. The largest absolute Gasteiger partial charge is 0.312 e. The molecular weight excluding hydrogens is 284 g/mol. The average molecular weight is 311 g/mol. The molecule has 0 fully saturated rings. The van der Waals surface area contributed by atoms with Crippen molar-refractivity contribution in [3.63, 3.8) is 0 Å². The molecule has 4 heteroatoms. The maximum absolute atomic E-state index is 13.3. The number of nitrogens with one attached hydrogen (secondary N) is 1. The van der Waals surface area contributed by atoms with Crippen LogP contribution in [0.4, 0.5) is 8.78 Å². The van der Waals surface area contributed by atoms with E-state index in [9.17, 15) is 13.6 Å². The Hall–Kier alpha value is -1.29. The van der Waals surface area contributed by atoms with Gasteiger partial charge in [-0.15, -0.1) is 0 Å². The third-order valence-electron chi connectivity index (χ3n) is 3.59. The minimum atomic E-state index is -2.55. The highest BCUT2D eigenvalue weighted by Gasteiger charge is 2.20. The molecule has 0 heterocycles. The molecule has 0 radical (unpaired) electrons. The van der Waals surface area contributed by atoms with Crippen molar-refractivity contribution in [2.24, 2.45) is 5.92 Å². The highest BCUT2D eigenvalue weighted by molar-refractivity contribution is 5.98. The lowest BCUT2D eigenvalue weighted by Gasteiger charge is -2.16. The molecule has 2 nitrogen and oxygen atoms in total. The summed E-state index contributed by atoms with van der Waals surface area (Å²) in [5.74, 6) is 0.456. The smallest absolute Gasteiger partial charge is 0.264 e.